The first-order valence-electron chi connectivity index (χ1n) is 4.23. The molecule has 76 valence electrons. The molecule has 1 rings (SSSR count). The summed E-state index contributed by atoms with van der Waals surface area (Å²) in [4.78, 5) is 19.4. The van der Waals surface area contributed by atoms with Crippen molar-refractivity contribution in [2.75, 3.05) is 12.9 Å². The van der Waals surface area contributed by atoms with Crippen molar-refractivity contribution >= 4 is 17.7 Å². The van der Waals surface area contributed by atoms with E-state index >= 15 is 0 Å². The predicted molar refractivity (Wildman–Crippen MR) is 54.5 cm³/mol. The van der Waals surface area contributed by atoms with Crippen LogP contribution in [0.15, 0.2) is 11.4 Å². The number of carbonyl (C=O) groups excluding carboxylic acids is 1. The van der Waals surface area contributed by atoms with Gasteiger partial charge in [0, 0.05) is 5.56 Å². The van der Waals surface area contributed by atoms with E-state index in [1.165, 1.54) is 18.1 Å². The molecule has 0 aliphatic heterocycles. The molecule has 0 radical (unpaired) electrons. The standard InChI is InChI=1S/C9H12N2O2S/c1-4-13-9(12)7-6(2)8(14-3)11-5-10-7/h5H,4H2,1-3H3. The maximum absolute atomic E-state index is 11.4. The zero-order valence-corrected chi connectivity index (χ0v) is 9.22. The van der Waals surface area contributed by atoms with Gasteiger partial charge in [-0.25, -0.2) is 14.8 Å². The van der Waals surface area contributed by atoms with Crippen LogP contribution in [0.4, 0.5) is 0 Å². The van der Waals surface area contributed by atoms with Crippen molar-refractivity contribution in [3.8, 4) is 0 Å². The van der Waals surface area contributed by atoms with Crippen molar-refractivity contribution < 1.29 is 9.53 Å². The first kappa shape index (κ1) is 11.0. The molecule has 0 amide bonds. The molecule has 0 fully saturated rings. The molecule has 0 bridgehead atoms. The highest BCUT2D eigenvalue weighted by Crippen LogP contribution is 2.18. The molecule has 0 saturated heterocycles. The van der Waals surface area contributed by atoms with Crippen molar-refractivity contribution in [2.45, 2.75) is 18.9 Å². The number of nitrogens with zero attached hydrogens (tertiary/aromatic N) is 2. The molecular weight excluding hydrogens is 200 g/mol. The van der Waals surface area contributed by atoms with E-state index in [-0.39, 0.29) is 5.97 Å². The number of rotatable bonds is 3. The lowest BCUT2D eigenvalue weighted by Gasteiger charge is -2.06. The van der Waals surface area contributed by atoms with Gasteiger partial charge in [-0.1, -0.05) is 0 Å². The molecule has 0 spiro atoms. The minimum atomic E-state index is -0.386. The van der Waals surface area contributed by atoms with Gasteiger partial charge in [0.25, 0.3) is 0 Å². The maximum Gasteiger partial charge on any atom is 0.357 e. The van der Waals surface area contributed by atoms with E-state index < -0.39 is 0 Å². The Bertz CT molecular complexity index is 342. The van der Waals surface area contributed by atoms with Crippen molar-refractivity contribution in [1.82, 2.24) is 9.97 Å². The van der Waals surface area contributed by atoms with E-state index in [9.17, 15) is 4.79 Å². The molecule has 1 aromatic heterocycles. The van der Waals surface area contributed by atoms with Crippen LogP contribution in [0.1, 0.15) is 23.0 Å². The Labute approximate surface area is 87.1 Å². The van der Waals surface area contributed by atoms with Gasteiger partial charge < -0.3 is 4.74 Å². The van der Waals surface area contributed by atoms with Gasteiger partial charge in [-0.2, -0.15) is 0 Å². The van der Waals surface area contributed by atoms with Crippen LogP contribution in [-0.4, -0.2) is 28.8 Å². The molecule has 0 aromatic carbocycles. The molecule has 0 saturated carbocycles. The highest BCUT2D eigenvalue weighted by atomic mass is 32.2. The molecule has 14 heavy (non-hydrogen) atoms. The normalized spacial score (nSPS) is 9.93. The minimum Gasteiger partial charge on any atom is -0.461 e. The molecule has 1 aromatic rings. The monoisotopic (exact) mass is 212 g/mol. The van der Waals surface area contributed by atoms with Crippen LogP contribution in [0.5, 0.6) is 0 Å². The average molecular weight is 212 g/mol. The number of hydrogen-bond acceptors (Lipinski definition) is 5. The summed E-state index contributed by atoms with van der Waals surface area (Å²) in [6.07, 6.45) is 3.29. The SMILES string of the molecule is CCOC(=O)c1ncnc(SC)c1C. The fraction of sp³-hybridized carbons (Fsp3) is 0.444. The quantitative estimate of drug-likeness (QED) is 0.433. The zero-order valence-electron chi connectivity index (χ0n) is 8.40. The molecule has 4 nitrogen and oxygen atoms in total. The van der Waals surface area contributed by atoms with Gasteiger partial charge in [0.2, 0.25) is 0 Å². The topological polar surface area (TPSA) is 52.1 Å². The first-order chi connectivity index (χ1) is 6.70. The van der Waals surface area contributed by atoms with Crippen LogP contribution in [0.3, 0.4) is 0 Å². The smallest absolute Gasteiger partial charge is 0.357 e. The number of ether oxygens (including phenoxy) is 1. The number of thioether (sulfide) groups is 1. The fourth-order valence-corrected chi connectivity index (χ4v) is 1.60. The summed E-state index contributed by atoms with van der Waals surface area (Å²) < 4.78 is 4.87. The predicted octanol–water partition coefficient (Wildman–Crippen LogP) is 1.68. The van der Waals surface area contributed by atoms with Gasteiger partial charge >= 0.3 is 5.97 Å². The van der Waals surface area contributed by atoms with Crippen molar-refractivity contribution in [1.29, 1.82) is 0 Å². The minimum absolute atomic E-state index is 0.353. The first-order valence-corrected chi connectivity index (χ1v) is 5.45. The molecule has 0 unspecified atom stereocenters. The second-order valence-corrected chi connectivity index (χ2v) is 3.37. The zero-order chi connectivity index (χ0) is 10.6. The third-order valence-corrected chi connectivity index (χ3v) is 2.50. The lowest BCUT2D eigenvalue weighted by molar-refractivity contribution is 0.0517. The molecule has 0 N–H and O–H groups in total. The van der Waals surface area contributed by atoms with E-state index in [0.29, 0.717) is 12.3 Å². The lowest BCUT2D eigenvalue weighted by atomic mass is 10.2. The van der Waals surface area contributed by atoms with Gasteiger partial charge in [0.05, 0.1) is 6.61 Å². The van der Waals surface area contributed by atoms with Gasteiger partial charge in [0.1, 0.15) is 11.4 Å². The summed E-state index contributed by atoms with van der Waals surface area (Å²) in [5.74, 6) is -0.386. The second kappa shape index (κ2) is 4.95. The second-order valence-electron chi connectivity index (χ2n) is 2.58. The Morgan fingerprint density at radius 3 is 2.86 bits per heavy atom. The molecule has 0 atom stereocenters. The average Bonchev–Trinajstić information content (AvgIpc) is 2.18. The van der Waals surface area contributed by atoms with E-state index in [1.54, 1.807) is 6.92 Å². The Hall–Kier alpha value is -1.10. The Balaban J connectivity index is 3.03. The summed E-state index contributed by atoms with van der Waals surface area (Å²) in [5, 5.41) is 0.808. The Morgan fingerprint density at radius 1 is 1.57 bits per heavy atom. The maximum atomic E-state index is 11.4. The van der Waals surface area contributed by atoms with Gasteiger partial charge in [-0.3, -0.25) is 0 Å². The molecule has 1 heterocycles. The van der Waals surface area contributed by atoms with Crippen molar-refractivity contribution in [3.63, 3.8) is 0 Å². The van der Waals surface area contributed by atoms with Crippen LogP contribution in [-0.2, 0) is 4.74 Å². The van der Waals surface area contributed by atoms with Crippen LogP contribution >= 0.6 is 11.8 Å². The van der Waals surface area contributed by atoms with Crippen LogP contribution in [0.25, 0.3) is 0 Å². The van der Waals surface area contributed by atoms with Crippen molar-refractivity contribution in [3.05, 3.63) is 17.6 Å². The highest BCUT2D eigenvalue weighted by Gasteiger charge is 2.14. The van der Waals surface area contributed by atoms with E-state index in [4.69, 9.17) is 4.74 Å². The Kier molecular flexibility index (Phi) is 3.88. The van der Waals surface area contributed by atoms with Crippen molar-refractivity contribution in [2.24, 2.45) is 0 Å². The summed E-state index contributed by atoms with van der Waals surface area (Å²) in [7, 11) is 0. The van der Waals surface area contributed by atoms with Crippen LogP contribution < -0.4 is 0 Å². The van der Waals surface area contributed by atoms with Gasteiger partial charge in [-0.05, 0) is 20.1 Å². The van der Waals surface area contributed by atoms with E-state index in [0.717, 1.165) is 10.6 Å². The molecule has 5 heteroatoms. The number of hydrogen-bond donors (Lipinski definition) is 0. The third-order valence-electron chi connectivity index (χ3n) is 1.70. The van der Waals surface area contributed by atoms with E-state index in [1.807, 2.05) is 13.2 Å². The molecular formula is C9H12N2O2S. The summed E-state index contributed by atoms with van der Waals surface area (Å²) in [6, 6.07) is 0. The largest absolute Gasteiger partial charge is 0.461 e. The molecule has 0 aliphatic rings. The van der Waals surface area contributed by atoms with Gasteiger partial charge in [-0.15, -0.1) is 11.8 Å². The number of aromatic nitrogens is 2. The summed E-state index contributed by atoms with van der Waals surface area (Å²) in [5.41, 5.74) is 1.13. The molecule has 0 aliphatic carbocycles. The van der Waals surface area contributed by atoms with Crippen LogP contribution in [0, 0.1) is 6.92 Å². The summed E-state index contributed by atoms with van der Waals surface area (Å²) >= 11 is 1.49. The Morgan fingerprint density at radius 2 is 2.29 bits per heavy atom. The van der Waals surface area contributed by atoms with Crippen LogP contribution in [0.2, 0.25) is 0 Å². The highest BCUT2D eigenvalue weighted by molar-refractivity contribution is 7.98. The number of esters is 1. The fourth-order valence-electron chi connectivity index (χ4n) is 1.05. The number of carbonyl (C=O) groups is 1. The van der Waals surface area contributed by atoms with Gasteiger partial charge in [0.15, 0.2) is 5.69 Å². The summed E-state index contributed by atoms with van der Waals surface area (Å²) in [6.45, 7) is 3.94. The third kappa shape index (κ3) is 2.23. The van der Waals surface area contributed by atoms with E-state index in [2.05, 4.69) is 9.97 Å². The lowest BCUT2D eigenvalue weighted by Crippen LogP contribution is -2.10.